The molecule has 2 heterocycles. The number of β-amino-alcohol motifs (C(OH)–C–C–N with tert-alkyl or cyclic N) is 2. The van der Waals surface area contributed by atoms with E-state index in [9.17, 15) is 0 Å². The zero-order chi connectivity index (χ0) is 13.0. The zero-order valence-corrected chi connectivity index (χ0v) is 11.3. The minimum Gasteiger partial charge on any atom is -0.395 e. The number of hydrogen-bond acceptors (Lipinski definition) is 7. The number of aliphatic hydroxyl groups is 2. The van der Waals surface area contributed by atoms with Crippen LogP contribution in [0.4, 0.5) is 0 Å². The Bertz CT molecular complexity index is 266. The normalized spacial score (nSPS) is 30.1. The number of rotatable bonds is 6. The summed E-state index contributed by atoms with van der Waals surface area (Å²) in [5.74, 6) is 0. The molecule has 4 N–H and O–H groups in total. The highest BCUT2D eigenvalue weighted by atomic mass is 32.1. The van der Waals surface area contributed by atoms with E-state index in [1.807, 2.05) is 0 Å². The van der Waals surface area contributed by atoms with E-state index >= 15 is 0 Å². The minimum absolute atomic E-state index is 0.0453. The first-order valence-electron chi connectivity index (χ1n) is 6.48. The smallest absolute Gasteiger partial charge is 0.0956 e. The molecule has 2 fully saturated rings. The highest BCUT2D eigenvalue weighted by molar-refractivity contribution is 7.80. The van der Waals surface area contributed by atoms with Crippen molar-refractivity contribution in [1.29, 1.82) is 0 Å². The Morgan fingerprint density at radius 2 is 1.44 bits per heavy atom. The van der Waals surface area contributed by atoms with Gasteiger partial charge in [0, 0.05) is 39.3 Å². The second-order valence-electron chi connectivity index (χ2n) is 4.63. The number of aliphatic hydroxyl groups excluding tert-OH is 2. The molecule has 0 aromatic carbocycles. The second-order valence-corrected chi connectivity index (χ2v) is 5.11. The van der Waals surface area contributed by atoms with Gasteiger partial charge in [-0.2, -0.15) is 0 Å². The van der Waals surface area contributed by atoms with Crippen LogP contribution in [-0.2, 0) is 0 Å². The molecule has 0 bridgehead atoms. The average Bonchev–Trinajstić information content (AvgIpc) is 2.98. The van der Waals surface area contributed by atoms with Crippen molar-refractivity contribution in [2.24, 2.45) is 0 Å². The maximum atomic E-state index is 9.06. The van der Waals surface area contributed by atoms with E-state index in [0.717, 1.165) is 31.0 Å². The lowest BCUT2D eigenvalue weighted by molar-refractivity contribution is 0.188. The van der Waals surface area contributed by atoms with Crippen LogP contribution in [-0.4, -0.2) is 89.7 Å². The summed E-state index contributed by atoms with van der Waals surface area (Å²) in [7, 11) is 0. The lowest BCUT2D eigenvalue weighted by atomic mass is 10.2. The molecule has 0 radical (unpaired) electrons. The summed E-state index contributed by atoms with van der Waals surface area (Å²) in [5.41, 5.74) is 0. The molecule has 2 aliphatic rings. The van der Waals surface area contributed by atoms with Gasteiger partial charge in [0.05, 0.1) is 30.4 Å². The summed E-state index contributed by atoms with van der Waals surface area (Å²) in [6, 6.07) is 0. The van der Waals surface area contributed by atoms with Crippen LogP contribution in [0.2, 0.25) is 0 Å². The Morgan fingerprint density at radius 3 is 1.83 bits per heavy atom. The third-order valence-corrected chi connectivity index (χ3v) is 3.96. The molecule has 0 amide bonds. The standard InChI is InChI=1S/C11H22N4O2S/c16-7-5-14-3-1-12-10(14)9(18)11-13-2-4-15(11)6-8-17/h10-13,16-17H,1-8H2. The molecule has 2 saturated heterocycles. The summed E-state index contributed by atoms with van der Waals surface area (Å²) in [6.07, 6.45) is 0.0906. The summed E-state index contributed by atoms with van der Waals surface area (Å²) in [4.78, 5) is 5.24. The number of nitrogens with zero attached hydrogens (tertiary/aromatic N) is 2. The van der Waals surface area contributed by atoms with Crippen molar-refractivity contribution in [1.82, 2.24) is 20.4 Å². The largest absolute Gasteiger partial charge is 0.395 e. The average molecular weight is 274 g/mol. The lowest BCUT2D eigenvalue weighted by Gasteiger charge is -2.31. The van der Waals surface area contributed by atoms with Gasteiger partial charge in [-0.15, -0.1) is 0 Å². The Morgan fingerprint density at radius 1 is 1.00 bits per heavy atom. The summed E-state index contributed by atoms with van der Waals surface area (Å²) < 4.78 is 0. The number of nitrogens with one attached hydrogen (secondary N) is 2. The Labute approximate surface area is 113 Å². The maximum absolute atomic E-state index is 9.06. The molecular formula is C11H22N4O2S. The number of thiocarbonyl (C=S) groups is 1. The van der Waals surface area contributed by atoms with Crippen LogP contribution in [0.25, 0.3) is 0 Å². The van der Waals surface area contributed by atoms with Gasteiger partial charge in [-0.1, -0.05) is 12.2 Å². The van der Waals surface area contributed by atoms with Crippen molar-refractivity contribution in [2.45, 2.75) is 12.3 Å². The van der Waals surface area contributed by atoms with E-state index < -0.39 is 0 Å². The van der Waals surface area contributed by atoms with Gasteiger partial charge in [-0.05, 0) is 0 Å². The van der Waals surface area contributed by atoms with Crippen molar-refractivity contribution in [2.75, 3.05) is 52.5 Å². The van der Waals surface area contributed by atoms with Gasteiger partial charge in [-0.25, -0.2) is 0 Å². The SMILES string of the molecule is OCCN1CCNC1C(=S)C1NCCN1CCO. The van der Waals surface area contributed by atoms with Gasteiger partial charge in [0.15, 0.2) is 0 Å². The molecule has 0 aliphatic carbocycles. The van der Waals surface area contributed by atoms with Gasteiger partial charge in [0.1, 0.15) is 0 Å². The van der Waals surface area contributed by atoms with Crippen LogP contribution in [0, 0.1) is 0 Å². The van der Waals surface area contributed by atoms with Crippen molar-refractivity contribution in [3.63, 3.8) is 0 Å². The first-order valence-corrected chi connectivity index (χ1v) is 6.89. The van der Waals surface area contributed by atoms with E-state index in [0.29, 0.717) is 13.1 Å². The summed E-state index contributed by atoms with van der Waals surface area (Å²) in [5, 5.41) is 24.9. The third kappa shape index (κ3) is 3.05. The van der Waals surface area contributed by atoms with Crippen molar-refractivity contribution in [3.8, 4) is 0 Å². The Balaban J connectivity index is 1.97. The predicted molar refractivity (Wildman–Crippen MR) is 73.5 cm³/mol. The van der Waals surface area contributed by atoms with Crippen molar-refractivity contribution in [3.05, 3.63) is 0 Å². The lowest BCUT2D eigenvalue weighted by Crippen LogP contribution is -2.54. The first kappa shape index (κ1) is 14.3. The molecular weight excluding hydrogens is 252 g/mol. The fourth-order valence-corrected chi connectivity index (χ4v) is 3.12. The summed E-state index contributed by atoms with van der Waals surface area (Å²) >= 11 is 5.58. The fourth-order valence-electron chi connectivity index (χ4n) is 2.66. The van der Waals surface area contributed by atoms with Crippen LogP contribution in [0.1, 0.15) is 0 Å². The van der Waals surface area contributed by atoms with Gasteiger partial charge >= 0.3 is 0 Å². The van der Waals surface area contributed by atoms with E-state index in [2.05, 4.69) is 20.4 Å². The minimum atomic E-state index is 0.0453. The van der Waals surface area contributed by atoms with Crippen molar-refractivity contribution < 1.29 is 10.2 Å². The molecule has 104 valence electrons. The molecule has 0 aromatic heterocycles. The number of hydrogen-bond donors (Lipinski definition) is 4. The highest BCUT2D eigenvalue weighted by Gasteiger charge is 2.35. The van der Waals surface area contributed by atoms with Gasteiger partial charge in [0.2, 0.25) is 0 Å². The third-order valence-electron chi connectivity index (χ3n) is 3.52. The zero-order valence-electron chi connectivity index (χ0n) is 10.5. The van der Waals surface area contributed by atoms with E-state index in [-0.39, 0.29) is 25.5 Å². The Hall–Kier alpha value is -0.150. The van der Waals surface area contributed by atoms with E-state index in [1.165, 1.54) is 0 Å². The molecule has 2 unspecified atom stereocenters. The maximum Gasteiger partial charge on any atom is 0.0956 e. The van der Waals surface area contributed by atoms with E-state index in [4.69, 9.17) is 22.4 Å². The van der Waals surface area contributed by atoms with Crippen LogP contribution < -0.4 is 10.6 Å². The first-order chi connectivity index (χ1) is 8.77. The Kier molecular flexibility index (Phi) is 5.43. The molecule has 6 nitrogen and oxygen atoms in total. The van der Waals surface area contributed by atoms with Crippen molar-refractivity contribution >= 4 is 17.1 Å². The molecule has 2 atom stereocenters. The van der Waals surface area contributed by atoms with Crippen LogP contribution >= 0.6 is 12.2 Å². The molecule has 18 heavy (non-hydrogen) atoms. The van der Waals surface area contributed by atoms with Crippen LogP contribution in [0.3, 0.4) is 0 Å². The van der Waals surface area contributed by atoms with Gasteiger partial charge in [0.25, 0.3) is 0 Å². The van der Waals surface area contributed by atoms with Gasteiger partial charge in [-0.3, -0.25) is 20.4 Å². The summed E-state index contributed by atoms with van der Waals surface area (Å²) in [6.45, 7) is 5.22. The van der Waals surface area contributed by atoms with Gasteiger partial charge < -0.3 is 10.2 Å². The topological polar surface area (TPSA) is 71.0 Å². The van der Waals surface area contributed by atoms with Crippen LogP contribution in [0.15, 0.2) is 0 Å². The highest BCUT2D eigenvalue weighted by Crippen LogP contribution is 2.13. The monoisotopic (exact) mass is 274 g/mol. The second kappa shape index (κ2) is 6.85. The molecule has 2 rings (SSSR count). The van der Waals surface area contributed by atoms with E-state index in [1.54, 1.807) is 0 Å². The predicted octanol–water partition coefficient (Wildman–Crippen LogP) is -2.20. The molecule has 0 spiro atoms. The molecule has 0 aromatic rings. The fraction of sp³-hybridized carbons (Fsp3) is 0.909. The van der Waals surface area contributed by atoms with Crippen LogP contribution in [0.5, 0.6) is 0 Å². The molecule has 0 saturated carbocycles. The molecule has 2 aliphatic heterocycles. The quantitative estimate of drug-likeness (QED) is 0.410. The molecule has 7 heteroatoms.